The van der Waals surface area contributed by atoms with Crippen LogP contribution >= 0.6 is 11.6 Å². The standard InChI is InChI=1S/C17H10ClN5O2/c18-16-14(11-4-2-1-3-5-11)10-15-19-20-17(22(15)21-16)12-6-8-13(9-7-12)23(24)25/h1-10H. The van der Waals surface area contributed by atoms with E-state index in [1.165, 1.54) is 16.6 Å². The Morgan fingerprint density at radius 3 is 2.36 bits per heavy atom. The molecule has 2 heterocycles. The van der Waals surface area contributed by atoms with Crippen molar-refractivity contribution in [2.45, 2.75) is 0 Å². The minimum Gasteiger partial charge on any atom is -0.258 e. The molecule has 4 aromatic rings. The normalized spacial score (nSPS) is 10.9. The van der Waals surface area contributed by atoms with Crippen LogP contribution in [-0.2, 0) is 0 Å². The zero-order valence-corrected chi connectivity index (χ0v) is 13.5. The van der Waals surface area contributed by atoms with Gasteiger partial charge in [0, 0.05) is 23.3 Å². The highest BCUT2D eigenvalue weighted by Crippen LogP contribution is 2.28. The Bertz CT molecular complexity index is 1080. The van der Waals surface area contributed by atoms with Crippen molar-refractivity contribution in [3.8, 4) is 22.5 Å². The lowest BCUT2D eigenvalue weighted by molar-refractivity contribution is -0.384. The molecule has 122 valence electrons. The first kappa shape index (κ1) is 15.2. The fourth-order valence-electron chi connectivity index (χ4n) is 2.54. The molecule has 0 fully saturated rings. The van der Waals surface area contributed by atoms with Crippen LogP contribution in [0.4, 0.5) is 5.69 Å². The molecule has 2 aromatic carbocycles. The van der Waals surface area contributed by atoms with Crippen molar-refractivity contribution >= 4 is 22.9 Å². The number of nitro benzene ring substituents is 1. The van der Waals surface area contributed by atoms with Crippen LogP contribution < -0.4 is 0 Å². The highest BCUT2D eigenvalue weighted by molar-refractivity contribution is 6.32. The maximum Gasteiger partial charge on any atom is 0.269 e. The van der Waals surface area contributed by atoms with Crippen LogP contribution in [-0.4, -0.2) is 24.7 Å². The number of non-ortho nitro benzene ring substituents is 1. The van der Waals surface area contributed by atoms with Crippen LogP contribution in [0.25, 0.3) is 28.2 Å². The Balaban J connectivity index is 1.82. The zero-order valence-electron chi connectivity index (χ0n) is 12.7. The Labute approximate surface area is 146 Å². The largest absolute Gasteiger partial charge is 0.269 e. The predicted molar refractivity (Wildman–Crippen MR) is 93.3 cm³/mol. The van der Waals surface area contributed by atoms with Crippen molar-refractivity contribution in [3.63, 3.8) is 0 Å². The first-order valence-electron chi connectivity index (χ1n) is 7.36. The average molecular weight is 352 g/mol. The quantitative estimate of drug-likeness (QED) is 0.411. The third kappa shape index (κ3) is 2.70. The maximum atomic E-state index is 10.8. The minimum atomic E-state index is -0.451. The van der Waals surface area contributed by atoms with Gasteiger partial charge in [-0.05, 0) is 23.8 Å². The van der Waals surface area contributed by atoms with E-state index < -0.39 is 4.92 Å². The topological polar surface area (TPSA) is 86.2 Å². The summed E-state index contributed by atoms with van der Waals surface area (Å²) in [5, 5.41) is 23.7. The van der Waals surface area contributed by atoms with Crippen LogP contribution in [0.5, 0.6) is 0 Å². The number of hydrogen-bond donors (Lipinski definition) is 0. The van der Waals surface area contributed by atoms with Crippen molar-refractivity contribution in [2.24, 2.45) is 0 Å². The fraction of sp³-hybridized carbons (Fsp3) is 0. The number of benzene rings is 2. The zero-order chi connectivity index (χ0) is 17.4. The van der Waals surface area contributed by atoms with Gasteiger partial charge in [0.05, 0.1) is 4.92 Å². The molecule has 7 nitrogen and oxygen atoms in total. The second kappa shape index (κ2) is 5.95. The molecular weight excluding hydrogens is 342 g/mol. The number of hydrogen-bond acceptors (Lipinski definition) is 5. The highest BCUT2D eigenvalue weighted by Gasteiger charge is 2.15. The molecule has 0 unspecified atom stereocenters. The summed E-state index contributed by atoms with van der Waals surface area (Å²) in [5.74, 6) is 0.464. The SMILES string of the molecule is O=[N+]([O-])c1ccc(-c2nnc3cc(-c4ccccc4)c(Cl)nn23)cc1. The summed E-state index contributed by atoms with van der Waals surface area (Å²) in [6, 6.07) is 17.5. The number of nitrogens with zero attached hydrogens (tertiary/aromatic N) is 5. The molecule has 0 amide bonds. The third-order valence-corrected chi connectivity index (χ3v) is 4.05. The van der Waals surface area contributed by atoms with Crippen LogP contribution in [0.3, 0.4) is 0 Å². The van der Waals surface area contributed by atoms with Crippen molar-refractivity contribution in [1.29, 1.82) is 0 Å². The van der Waals surface area contributed by atoms with Gasteiger partial charge in [0.15, 0.2) is 16.6 Å². The molecule has 4 rings (SSSR count). The number of nitro groups is 1. The molecule has 8 heteroatoms. The number of halogens is 1. The molecule has 0 saturated carbocycles. The van der Waals surface area contributed by atoms with Gasteiger partial charge in [-0.3, -0.25) is 10.1 Å². The van der Waals surface area contributed by atoms with Crippen molar-refractivity contribution in [3.05, 3.63) is 75.9 Å². The molecular formula is C17H10ClN5O2. The van der Waals surface area contributed by atoms with Crippen LogP contribution in [0.15, 0.2) is 60.7 Å². The molecule has 0 aliphatic carbocycles. The van der Waals surface area contributed by atoms with Crippen molar-refractivity contribution in [1.82, 2.24) is 19.8 Å². The van der Waals surface area contributed by atoms with E-state index in [1.807, 2.05) is 36.4 Å². The Kier molecular flexibility index (Phi) is 3.62. The monoisotopic (exact) mass is 351 g/mol. The van der Waals surface area contributed by atoms with E-state index in [1.54, 1.807) is 12.1 Å². The van der Waals surface area contributed by atoms with Crippen LogP contribution in [0, 0.1) is 10.1 Å². The molecule has 25 heavy (non-hydrogen) atoms. The summed E-state index contributed by atoms with van der Waals surface area (Å²) in [4.78, 5) is 10.3. The second-order valence-corrected chi connectivity index (χ2v) is 5.67. The molecule has 0 radical (unpaired) electrons. The first-order chi connectivity index (χ1) is 12.1. The Morgan fingerprint density at radius 2 is 1.68 bits per heavy atom. The van der Waals surface area contributed by atoms with Gasteiger partial charge in [-0.2, -0.15) is 9.61 Å². The van der Waals surface area contributed by atoms with E-state index in [0.29, 0.717) is 22.2 Å². The average Bonchev–Trinajstić information content (AvgIpc) is 3.04. The van der Waals surface area contributed by atoms with E-state index in [2.05, 4.69) is 15.3 Å². The number of rotatable bonds is 3. The van der Waals surface area contributed by atoms with Gasteiger partial charge in [-0.25, -0.2) is 0 Å². The second-order valence-electron chi connectivity index (χ2n) is 5.31. The van der Waals surface area contributed by atoms with Crippen LogP contribution in [0.1, 0.15) is 0 Å². The number of fused-ring (bicyclic) bond motifs is 1. The summed E-state index contributed by atoms with van der Waals surface area (Å²) in [7, 11) is 0. The van der Waals surface area contributed by atoms with E-state index in [4.69, 9.17) is 11.6 Å². The van der Waals surface area contributed by atoms with E-state index in [9.17, 15) is 10.1 Å². The van der Waals surface area contributed by atoms with E-state index in [0.717, 1.165) is 11.1 Å². The molecule has 0 bridgehead atoms. The first-order valence-corrected chi connectivity index (χ1v) is 7.73. The van der Waals surface area contributed by atoms with Gasteiger partial charge in [-0.15, -0.1) is 10.2 Å². The van der Waals surface area contributed by atoms with Gasteiger partial charge in [-0.1, -0.05) is 41.9 Å². The summed E-state index contributed by atoms with van der Waals surface area (Å²) < 4.78 is 1.52. The lowest BCUT2D eigenvalue weighted by Gasteiger charge is -2.05. The summed E-state index contributed by atoms with van der Waals surface area (Å²) >= 11 is 6.34. The highest BCUT2D eigenvalue weighted by atomic mass is 35.5. The Morgan fingerprint density at radius 1 is 0.960 bits per heavy atom. The molecule has 0 saturated heterocycles. The summed E-state index contributed by atoms with van der Waals surface area (Å²) in [6.07, 6.45) is 0. The van der Waals surface area contributed by atoms with Gasteiger partial charge in [0.25, 0.3) is 5.69 Å². The van der Waals surface area contributed by atoms with E-state index >= 15 is 0 Å². The van der Waals surface area contributed by atoms with Gasteiger partial charge < -0.3 is 0 Å². The van der Waals surface area contributed by atoms with Crippen LogP contribution in [0.2, 0.25) is 5.15 Å². The molecule has 0 spiro atoms. The maximum absolute atomic E-state index is 10.8. The molecule has 0 N–H and O–H groups in total. The van der Waals surface area contributed by atoms with Gasteiger partial charge in [0.1, 0.15) is 0 Å². The van der Waals surface area contributed by atoms with Gasteiger partial charge in [0.2, 0.25) is 0 Å². The molecule has 2 aromatic heterocycles. The third-order valence-electron chi connectivity index (χ3n) is 3.77. The van der Waals surface area contributed by atoms with Crippen molar-refractivity contribution < 1.29 is 4.92 Å². The lowest BCUT2D eigenvalue weighted by Crippen LogP contribution is -1.97. The summed E-state index contributed by atoms with van der Waals surface area (Å²) in [5.41, 5.74) is 2.90. The lowest BCUT2D eigenvalue weighted by atomic mass is 10.1. The van der Waals surface area contributed by atoms with E-state index in [-0.39, 0.29) is 5.69 Å². The molecule has 0 aliphatic rings. The fourth-order valence-corrected chi connectivity index (χ4v) is 2.78. The molecule has 0 aliphatic heterocycles. The number of aromatic nitrogens is 4. The predicted octanol–water partition coefficient (Wildman–Crippen LogP) is 4.02. The van der Waals surface area contributed by atoms with Gasteiger partial charge >= 0.3 is 0 Å². The molecule has 0 atom stereocenters. The minimum absolute atomic E-state index is 0.00919. The van der Waals surface area contributed by atoms with Crippen molar-refractivity contribution in [2.75, 3.05) is 0 Å². The Hall–Kier alpha value is -3.32. The smallest absolute Gasteiger partial charge is 0.258 e. The summed E-state index contributed by atoms with van der Waals surface area (Å²) in [6.45, 7) is 0.